The Bertz CT molecular complexity index is 486. The lowest BCUT2D eigenvalue weighted by Gasteiger charge is -2.09. The standard InChI is InChI=1S/C10H12N4/c11-9-5-6-10-12-7-3-1-2-4-8(7)14(10)13-9/h5-6H,1-4H2,(H2,11,13). The van der Waals surface area contributed by atoms with E-state index in [9.17, 15) is 0 Å². The summed E-state index contributed by atoms with van der Waals surface area (Å²) in [6.07, 6.45) is 4.63. The van der Waals surface area contributed by atoms with E-state index in [0.29, 0.717) is 5.82 Å². The summed E-state index contributed by atoms with van der Waals surface area (Å²) in [6, 6.07) is 3.73. The number of aromatic nitrogens is 3. The molecule has 4 nitrogen and oxygen atoms in total. The third-order valence-corrected chi connectivity index (χ3v) is 2.75. The fraction of sp³-hybridized carbons (Fsp3) is 0.400. The largest absolute Gasteiger partial charge is 0.382 e. The molecule has 2 heterocycles. The molecule has 72 valence electrons. The van der Waals surface area contributed by atoms with Gasteiger partial charge in [-0.1, -0.05) is 0 Å². The van der Waals surface area contributed by atoms with E-state index in [4.69, 9.17) is 5.73 Å². The predicted octanol–water partition coefficient (Wildman–Crippen LogP) is 1.19. The second kappa shape index (κ2) is 2.70. The molecule has 0 bridgehead atoms. The topological polar surface area (TPSA) is 56.2 Å². The number of rotatable bonds is 0. The molecule has 0 aromatic carbocycles. The maximum Gasteiger partial charge on any atom is 0.154 e. The number of aryl methyl sites for hydroxylation is 2. The minimum Gasteiger partial charge on any atom is -0.382 e. The highest BCUT2D eigenvalue weighted by atomic mass is 15.3. The molecule has 3 rings (SSSR count). The van der Waals surface area contributed by atoms with Crippen LogP contribution in [0, 0.1) is 0 Å². The molecule has 1 aliphatic rings. The van der Waals surface area contributed by atoms with Crippen LogP contribution in [-0.4, -0.2) is 14.6 Å². The summed E-state index contributed by atoms with van der Waals surface area (Å²) in [5.41, 5.74) is 9.03. The van der Waals surface area contributed by atoms with Gasteiger partial charge in [-0.3, -0.25) is 0 Å². The van der Waals surface area contributed by atoms with Gasteiger partial charge in [0.25, 0.3) is 0 Å². The first kappa shape index (κ1) is 7.79. The summed E-state index contributed by atoms with van der Waals surface area (Å²) >= 11 is 0. The minimum absolute atomic E-state index is 0.559. The van der Waals surface area contributed by atoms with Gasteiger partial charge in [0.2, 0.25) is 0 Å². The molecule has 0 radical (unpaired) electrons. The van der Waals surface area contributed by atoms with Crippen molar-refractivity contribution >= 4 is 11.5 Å². The van der Waals surface area contributed by atoms with Gasteiger partial charge in [-0.25, -0.2) is 9.50 Å². The fourth-order valence-corrected chi connectivity index (χ4v) is 2.07. The van der Waals surface area contributed by atoms with Gasteiger partial charge in [-0.15, -0.1) is 5.10 Å². The van der Waals surface area contributed by atoms with Crippen LogP contribution >= 0.6 is 0 Å². The molecule has 2 aromatic rings. The molecule has 14 heavy (non-hydrogen) atoms. The fourth-order valence-electron chi connectivity index (χ4n) is 2.07. The van der Waals surface area contributed by atoms with E-state index in [-0.39, 0.29) is 0 Å². The average Bonchev–Trinajstić information content (AvgIpc) is 2.56. The van der Waals surface area contributed by atoms with Crippen LogP contribution in [-0.2, 0) is 12.8 Å². The SMILES string of the molecule is Nc1ccc2nc3c(n2n1)CCCC3. The molecule has 0 aliphatic heterocycles. The second-order valence-electron chi connectivity index (χ2n) is 3.74. The molecule has 2 aromatic heterocycles. The van der Waals surface area contributed by atoms with Crippen LogP contribution in [0.3, 0.4) is 0 Å². The molecule has 0 saturated carbocycles. The smallest absolute Gasteiger partial charge is 0.154 e. The van der Waals surface area contributed by atoms with E-state index in [1.54, 1.807) is 6.07 Å². The number of hydrogen-bond donors (Lipinski definition) is 1. The Hall–Kier alpha value is -1.58. The number of nitrogens with zero attached hydrogens (tertiary/aromatic N) is 3. The van der Waals surface area contributed by atoms with Gasteiger partial charge in [0.05, 0.1) is 11.4 Å². The lowest BCUT2D eigenvalue weighted by Crippen LogP contribution is -2.06. The second-order valence-corrected chi connectivity index (χ2v) is 3.74. The van der Waals surface area contributed by atoms with Gasteiger partial charge in [0.15, 0.2) is 5.65 Å². The summed E-state index contributed by atoms with van der Waals surface area (Å²) in [4.78, 5) is 4.54. The van der Waals surface area contributed by atoms with E-state index < -0.39 is 0 Å². The zero-order chi connectivity index (χ0) is 9.54. The van der Waals surface area contributed by atoms with Crippen LogP contribution in [0.5, 0.6) is 0 Å². The van der Waals surface area contributed by atoms with E-state index in [1.165, 1.54) is 24.2 Å². The van der Waals surface area contributed by atoms with Crippen LogP contribution in [0.1, 0.15) is 24.2 Å². The van der Waals surface area contributed by atoms with Crippen molar-refractivity contribution in [3.63, 3.8) is 0 Å². The zero-order valence-electron chi connectivity index (χ0n) is 7.90. The van der Waals surface area contributed by atoms with Gasteiger partial charge in [-0.2, -0.15) is 0 Å². The van der Waals surface area contributed by atoms with Crippen LogP contribution in [0.2, 0.25) is 0 Å². The van der Waals surface area contributed by atoms with Crippen molar-refractivity contribution in [3.05, 3.63) is 23.5 Å². The third-order valence-electron chi connectivity index (χ3n) is 2.75. The Labute approximate surface area is 81.8 Å². The van der Waals surface area contributed by atoms with Gasteiger partial charge in [-0.05, 0) is 37.8 Å². The molecule has 0 atom stereocenters. The zero-order valence-corrected chi connectivity index (χ0v) is 7.90. The van der Waals surface area contributed by atoms with Crippen LogP contribution in [0.4, 0.5) is 5.82 Å². The van der Waals surface area contributed by atoms with Gasteiger partial charge in [0, 0.05) is 0 Å². The van der Waals surface area contributed by atoms with Crippen molar-refractivity contribution in [3.8, 4) is 0 Å². The molecule has 4 heteroatoms. The summed E-state index contributed by atoms with van der Waals surface area (Å²) in [5.74, 6) is 0.559. The van der Waals surface area contributed by atoms with Crippen molar-refractivity contribution in [2.45, 2.75) is 25.7 Å². The summed E-state index contributed by atoms with van der Waals surface area (Å²) in [6.45, 7) is 0. The van der Waals surface area contributed by atoms with Crippen molar-refractivity contribution < 1.29 is 0 Å². The molecule has 0 fully saturated rings. The Morgan fingerprint density at radius 1 is 1.21 bits per heavy atom. The lowest BCUT2D eigenvalue weighted by atomic mass is 10.0. The van der Waals surface area contributed by atoms with Gasteiger partial charge < -0.3 is 5.73 Å². The van der Waals surface area contributed by atoms with Crippen molar-refractivity contribution in [1.82, 2.24) is 14.6 Å². The molecular weight excluding hydrogens is 176 g/mol. The van der Waals surface area contributed by atoms with Crippen LogP contribution in [0.15, 0.2) is 12.1 Å². The molecule has 0 saturated heterocycles. The highest BCUT2D eigenvalue weighted by molar-refractivity contribution is 5.46. The normalized spacial score (nSPS) is 15.7. The van der Waals surface area contributed by atoms with E-state index in [1.807, 2.05) is 10.6 Å². The number of nitrogen functional groups attached to an aromatic ring is 1. The van der Waals surface area contributed by atoms with E-state index in [2.05, 4.69) is 10.1 Å². The highest BCUT2D eigenvalue weighted by Crippen LogP contribution is 2.21. The monoisotopic (exact) mass is 188 g/mol. The first-order valence-corrected chi connectivity index (χ1v) is 4.97. The Morgan fingerprint density at radius 3 is 3.00 bits per heavy atom. The van der Waals surface area contributed by atoms with Gasteiger partial charge in [0.1, 0.15) is 5.82 Å². The van der Waals surface area contributed by atoms with Crippen molar-refractivity contribution in [1.29, 1.82) is 0 Å². The third kappa shape index (κ3) is 0.999. The summed E-state index contributed by atoms with van der Waals surface area (Å²) in [5, 5.41) is 4.28. The number of hydrogen-bond acceptors (Lipinski definition) is 3. The first-order valence-electron chi connectivity index (χ1n) is 4.97. The van der Waals surface area contributed by atoms with Crippen LogP contribution in [0.25, 0.3) is 5.65 Å². The molecule has 0 amide bonds. The first-order chi connectivity index (χ1) is 6.84. The van der Waals surface area contributed by atoms with Crippen molar-refractivity contribution in [2.75, 3.05) is 5.73 Å². The molecule has 0 unspecified atom stereocenters. The summed E-state index contributed by atoms with van der Waals surface area (Å²) in [7, 11) is 0. The minimum atomic E-state index is 0.559. The maximum atomic E-state index is 5.66. The lowest BCUT2D eigenvalue weighted by molar-refractivity contribution is 0.649. The average molecular weight is 188 g/mol. The summed E-state index contributed by atoms with van der Waals surface area (Å²) < 4.78 is 1.89. The molecule has 2 N–H and O–H groups in total. The van der Waals surface area contributed by atoms with Gasteiger partial charge >= 0.3 is 0 Å². The van der Waals surface area contributed by atoms with E-state index in [0.717, 1.165) is 18.5 Å². The quantitative estimate of drug-likeness (QED) is 0.675. The van der Waals surface area contributed by atoms with Crippen LogP contribution < -0.4 is 5.73 Å². The maximum absolute atomic E-state index is 5.66. The number of anilines is 1. The van der Waals surface area contributed by atoms with E-state index >= 15 is 0 Å². The molecule has 0 spiro atoms. The molecule has 1 aliphatic carbocycles. The Kier molecular flexibility index (Phi) is 1.50. The molecular formula is C10H12N4. The number of fused-ring (bicyclic) bond motifs is 3. The van der Waals surface area contributed by atoms with Crippen molar-refractivity contribution in [2.24, 2.45) is 0 Å². The Balaban J connectivity index is 2.32. The predicted molar refractivity (Wildman–Crippen MR) is 54.0 cm³/mol. The number of imidazole rings is 1. The number of nitrogens with two attached hydrogens (primary N) is 1. The Morgan fingerprint density at radius 2 is 2.07 bits per heavy atom. The highest BCUT2D eigenvalue weighted by Gasteiger charge is 2.16.